The summed E-state index contributed by atoms with van der Waals surface area (Å²) in [4.78, 5) is 12.2. The molecule has 1 aromatic carbocycles. The van der Waals surface area contributed by atoms with E-state index >= 15 is 0 Å². The number of aromatic nitrogens is 2. The third kappa shape index (κ3) is 2.19. The first-order chi connectivity index (χ1) is 9.60. The molecule has 20 heavy (non-hydrogen) atoms. The van der Waals surface area contributed by atoms with Crippen molar-refractivity contribution in [3.05, 3.63) is 41.7 Å². The number of nitrogens with zero attached hydrogens (tertiary/aromatic N) is 2. The molecule has 1 aromatic heterocycles. The molecule has 0 atom stereocenters. The fourth-order valence-electron chi connectivity index (χ4n) is 2.28. The number of anilines is 1. The van der Waals surface area contributed by atoms with Crippen molar-refractivity contribution in [2.45, 2.75) is 24.8 Å². The van der Waals surface area contributed by atoms with Crippen LogP contribution in [0.5, 0.6) is 0 Å². The first-order valence-electron chi connectivity index (χ1n) is 6.49. The van der Waals surface area contributed by atoms with E-state index in [2.05, 4.69) is 10.4 Å². The van der Waals surface area contributed by atoms with Gasteiger partial charge in [0.1, 0.15) is 5.69 Å². The van der Waals surface area contributed by atoms with Crippen LogP contribution in [0, 0.1) is 0 Å². The van der Waals surface area contributed by atoms with Gasteiger partial charge in [-0.1, -0.05) is 17.7 Å². The maximum atomic E-state index is 12.2. The molecule has 0 aliphatic heterocycles. The number of amides is 1. The van der Waals surface area contributed by atoms with Crippen LogP contribution in [-0.4, -0.2) is 21.2 Å². The van der Waals surface area contributed by atoms with E-state index in [0.717, 1.165) is 19.3 Å². The number of rotatable bonds is 3. The monoisotopic (exact) mass is 290 g/mol. The minimum atomic E-state index is -0.746. The SMILES string of the molecule is NC1(C(=O)Nc2cccc(Cl)c2-n2cccn2)CCC1. The number of carbonyl (C=O) groups is 1. The summed E-state index contributed by atoms with van der Waals surface area (Å²) in [5.74, 6) is -0.167. The third-order valence-corrected chi connectivity index (χ3v) is 3.97. The van der Waals surface area contributed by atoms with Crippen LogP contribution in [0.4, 0.5) is 5.69 Å². The van der Waals surface area contributed by atoms with Crippen molar-refractivity contribution in [3.8, 4) is 5.69 Å². The second kappa shape index (κ2) is 4.92. The Morgan fingerprint density at radius 3 is 2.80 bits per heavy atom. The van der Waals surface area contributed by atoms with E-state index in [1.165, 1.54) is 0 Å². The van der Waals surface area contributed by atoms with E-state index in [-0.39, 0.29) is 5.91 Å². The van der Waals surface area contributed by atoms with E-state index in [0.29, 0.717) is 16.4 Å². The molecule has 3 N–H and O–H groups in total. The molecule has 6 heteroatoms. The summed E-state index contributed by atoms with van der Waals surface area (Å²) < 4.78 is 1.63. The lowest BCUT2D eigenvalue weighted by atomic mass is 9.77. The normalized spacial score (nSPS) is 16.5. The first-order valence-corrected chi connectivity index (χ1v) is 6.87. The van der Waals surface area contributed by atoms with Gasteiger partial charge in [0.05, 0.1) is 16.2 Å². The molecule has 1 aliphatic rings. The molecule has 1 aliphatic carbocycles. The topological polar surface area (TPSA) is 72.9 Å². The van der Waals surface area contributed by atoms with Crippen LogP contribution >= 0.6 is 11.6 Å². The largest absolute Gasteiger partial charge is 0.323 e. The molecule has 104 valence electrons. The highest BCUT2D eigenvalue weighted by atomic mass is 35.5. The zero-order valence-corrected chi connectivity index (χ0v) is 11.6. The van der Waals surface area contributed by atoms with Gasteiger partial charge in [-0.15, -0.1) is 0 Å². The molecule has 0 unspecified atom stereocenters. The van der Waals surface area contributed by atoms with Crippen LogP contribution in [0.25, 0.3) is 5.69 Å². The van der Waals surface area contributed by atoms with Crippen molar-refractivity contribution in [1.29, 1.82) is 0 Å². The summed E-state index contributed by atoms with van der Waals surface area (Å²) >= 11 is 6.22. The first kappa shape index (κ1) is 13.1. The zero-order chi connectivity index (χ0) is 14.2. The third-order valence-electron chi connectivity index (χ3n) is 3.67. The van der Waals surface area contributed by atoms with Crippen LogP contribution in [-0.2, 0) is 4.79 Å². The van der Waals surface area contributed by atoms with Gasteiger partial charge in [0.15, 0.2) is 0 Å². The lowest BCUT2D eigenvalue weighted by molar-refractivity contribution is -0.123. The molecule has 1 saturated carbocycles. The van der Waals surface area contributed by atoms with Gasteiger partial charge in [-0.2, -0.15) is 5.10 Å². The minimum Gasteiger partial charge on any atom is -0.323 e. The Kier molecular flexibility index (Phi) is 3.23. The maximum Gasteiger partial charge on any atom is 0.244 e. The van der Waals surface area contributed by atoms with Gasteiger partial charge in [0, 0.05) is 12.4 Å². The number of para-hydroxylation sites is 1. The number of nitrogens with two attached hydrogens (primary N) is 1. The van der Waals surface area contributed by atoms with Gasteiger partial charge in [0.25, 0.3) is 0 Å². The predicted octanol–water partition coefficient (Wildman–Crippen LogP) is 2.35. The molecule has 1 fully saturated rings. The van der Waals surface area contributed by atoms with Crippen molar-refractivity contribution in [1.82, 2.24) is 9.78 Å². The van der Waals surface area contributed by atoms with E-state index in [1.807, 2.05) is 0 Å². The number of halogens is 1. The van der Waals surface area contributed by atoms with E-state index in [1.54, 1.807) is 41.3 Å². The highest BCUT2D eigenvalue weighted by molar-refractivity contribution is 6.33. The molecule has 0 radical (unpaired) electrons. The van der Waals surface area contributed by atoms with E-state index in [4.69, 9.17) is 17.3 Å². The number of hydrogen-bond donors (Lipinski definition) is 2. The van der Waals surface area contributed by atoms with Crippen molar-refractivity contribution < 1.29 is 4.79 Å². The van der Waals surface area contributed by atoms with Crippen LogP contribution < -0.4 is 11.1 Å². The van der Waals surface area contributed by atoms with Gasteiger partial charge < -0.3 is 11.1 Å². The van der Waals surface area contributed by atoms with Gasteiger partial charge >= 0.3 is 0 Å². The summed E-state index contributed by atoms with van der Waals surface area (Å²) in [6.07, 6.45) is 5.86. The van der Waals surface area contributed by atoms with Gasteiger partial charge in [-0.05, 0) is 37.5 Å². The molecule has 3 rings (SSSR count). The van der Waals surface area contributed by atoms with E-state index < -0.39 is 5.54 Å². The van der Waals surface area contributed by atoms with Gasteiger partial charge in [-0.25, -0.2) is 4.68 Å². The lowest BCUT2D eigenvalue weighted by Gasteiger charge is -2.36. The van der Waals surface area contributed by atoms with Crippen LogP contribution in [0.2, 0.25) is 5.02 Å². The summed E-state index contributed by atoms with van der Waals surface area (Å²) in [6, 6.07) is 7.14. The Balaban J connectivity index is 1.94. The average Bonchev–Trinajstić information content (AvgIpc) is 2.89. The fourth-order valence-corrected chi connectivity index (χ4v) is 2.54. The summed E-state index contributed by atoms with van der Waals surface area (Å²) in [6.45, 7) is 0. The molecule has 0 bridgehead atoms. The molecule has 0 spiro atoms. The van der Waals surface area contributed by atoms with Crippen molar-refractivity contribution >= 4 is 23.2 Å². The van der Waals surface area contributed by atoms with Crippen molar-refractivity contribution in [2.24, 2.45) is 5.73 Å². The quantitative estimate of drug-likeness (QED) is 0.911. The molecule has 1 amide bonds. The highest BCUT2D eigenvalue weighted by Crippen LogP contribution is 2.33. The summed E-state index contributed by atoms with van der Waals surface area (Å²) in [5.41, 5.74) is 6.55. The van der Waals surface area contributed by atoms with Crippen molar-refractivity contribution in [2.75, 3.05) is 5.32 Å². The lowest BCUT2D eigenvalue weighted by Crippen LogP contribution is -2.56. The maximum absolute atomic E-state index is 12.2. The molecular formula is C14H15ClN4O. The molecule has 2 aromatic rings. The minimum absolute atomic E-state index is 0.167. The number of carbonyl (C=O) groups excluding carboxylic acids is 1. The average molecular weight is 291 g/mol. The molecular weight excluding hydrogens is 276 g/mol. The summed E-state index contributed by atoms with van der Waals surface area (Å²) in [5, 5.41) is 7.55. The Labute approximate surface area is 121 Å². The number of hydrogen-bond acceptors (Lipinski definition) is 3. The van der Waals surface area contributed by atoms with E-state index in [9.17, 15) is 4.79 Å². The van der Waals surface area contributed by atoms with Crippen molar-refractivity contribution in [3.63, 3.8) is 0 Å². The molecule has 1 heterocycles. The number of nitrogens with one attached hydrogen (secondary N) is 1. The molecule has 0 saturated heterocycles. The van der Waals surface area contributed by atoms with Gasteiger partial charge in [-0.3, -0.25) is 4.79 Å². The Bertz CT molecular complexity index is 635. The number of benzene rings is 1. The second-order valence-corrected chi connectivity index (χ2v) is 5.46. The molecule has 5 nitrogen and oxygen atoms in total. The predicted molar refractivity (Wildman–Crippen MR) is 78.0 cm³/mol. The Hall–Kier alpha value is -1.85. The van der Waals surface area contributed by atoms with Crippen LogP contribution in [0.3, 0.4) is 0 Å². The second-order valence-electron chi connectivity index (χ2n) is 5.05. The van der Waals surface area contributed by atoms with Crippen LogP contribution in [0.15, 0.2) is 36.7 Å². The Morgan fingerprint density at radius 2 is 2.20 bits per heavy atom. The standard InChI is InChI=1S/C14H15ClN4O/c15-10-4-1-5-11(12(10)19-9-3-8-17-19)18-13(20)14(16)6-2-7-14/h1,3-5,8-9H,2,6-7,16H2,(H,18,20). The summed E-state index contributed by atoms with van der Waals surface area (Å²) in [7, 11) is 0. The smallest absolute Gasteiger partial charge is 0.244 e. The Morgan fingerprint density at radius 1 is 1.40 bits per heavy atom. The fraction of sp³-hybridized carbons (Fsp3) is 0.286. The zero-order valence-electron chi connectivity index (χ0n) is 10.8. The highest BCUT2D eigenvalue weighted by Gasteiger charge is 2.40. The van der Waals surface area contributed by atoms with Gasteiger partial charge in [0.2, 0.25) is 5.91 Å². The van der Waals surface area contributed by atoms with Crippen LogP contribution in [0.1, 0.15) is 19.3 Å².